The molecule has 0 aromatic rings. The molecular formula is C14H26N2O4. The van der Waals surface area contributed by atoms with E-state index in [4.69, 9.17) is 5.11 Å². The van der Waals surface area contributed by atoms with Crippen molar-refractivity contribution in [1.82, 2.24) is 9.80 Å². The summed E-state index contributed by atoms with van der Waals surface area (Å²) in [7, 11) is 0. The van der Waals surface area contributed by atoms with Gasteiger partial charge in [0.25, 0.3) is 0 Å². The predicted molar refractivity (Wildman–Crippen MR) is 75.5 cm³/mol. The number of hydrogen-bond donors (Lipinski definition) is 2. The molecule has 1 fully saturated rings. The van der Waals surface area contributed by atoms with Crippen molar-refractivity contribution in [2.45, 2.75) is 52.2 Å². The van der Waals surface area contributed by atoms with Gasteiger partial charge >= 0.3 is 12.0 Å². The average molecular weight is 286 g/mol. The Kier molecular flexibility index (Phi) is 5.39. The second kappa shape index (κ2) is 6.43. The second-order valence-electron chi connectivity index (χ2n) is 6.21. The topological polar surface area (TPSA) is 81.1 Å². The largest absolute Gasteiger partial charge is 0.481 e. The molecule has 0 bridgehead atoms. The number of rotatable bonds is 4. The number of urea groups is 1. The Bertz CT molecular complexity index is 365. The molecule has 0 aromatic carbocycles. The minimum atomic E-state index is -0.936. The summed E-state index contributed by atoms with van der Waals surface area (Å²) >= 11 is 0. The van der Waals surface area contributed by atoms with Crippen molar-refractivity contribution in [3.8, 4) is 0 Å². The lowest BCUT2D eigenvalue weighted by atomic mass is 9.92. The van der Waals surface area contributed by atoms with Crippen molar-refractivity contribution in [3.63, 3.8) is 0 Å². The number of nitrogens with zero attached hydrogens (tertiary/aromatic N) is 2. The van der Waals surface area contributed by atoms with Crippen LogP contribution in [0.15, 0.2) is 0 Å². The van der Waals surface area contributed by atoms with E-state index in [-0.39, 0.29) is 24.5 Å². The number of piperidine rings is 1. The number of amides is 2. The normalized spacial score (nSPS) is 23.6. The Morgan fingerprint density at radius 1 is 1.40 bits per heavy atom. The Morgan fingerprint density at radius 2 is 2.00 bits per heavy atom. The third-order valence-corrected chi connectivity index (χ3v) is 3.70. The van der Waals surface area contributed by atoms with Crippen LogP contribution in [-0.4, -0.2) is 63.3 Å². The van der Waals surface area contributed by atoms with E-state index in [1.165, 1.54) is 0 Å². The monoisotopic (exact) mass is 286 g/mol. The van der Waals surface area contributed by atoms with Crippen LogP contribution in [0.4, 0.5) is 4.79 Å². The maximum absolute atomic E-state index is 12.5. The number of likely N-dealkylation sites (tertiary alicyclic amines) is 1. The van der Waals surface area contributed by atoms with Crippen molar-refractivity contribution in [2.24, 2.45) is 5.92 Å². The van der Waals surface area contributed by atoms with Gasteiger partial charge in [0.05, 0.1) is 18.1 Å². The maximum atomic E-state index is 12.5. The highest BCUT2D eigenvalue weighted by Gasteiger charge is 2.34. The van der Waals surface area contributed by atoms with E-state index in [9.17, 15) is 14.7 Å². The molecule has 0 aromatic heterocycles. The molecule has 20 heavy (non-hydrogen) atoms. The molecule has 1 aliphatic heterocycles. The lowest BCUT2D eigenvalue weighted by Gasteiger charge is -2.40. The van der Waals surface area contributed by atoms with Crippen LogP contribution in [-0.2, 0) is 4.79 Å². The molecule has 1 saturated heterocycles. The van der Waals surface area contributed by atoms with E-state index in [0.29, 0.717) is 25.9 Å². The molecule has 0 spiro atoms. The van der Waals surface area contributed by atoms with E-state index in [1.54, 1.807) is 23.6 Å². The van der Waals surface area contributed by atoms with Gasteiger partial charge in [-0.1, -0.05) is 0 Å². The van der Waals surface area contributed by atoms with Gasteiger partial charge in [-0.15, -0.1) is 0 Å². The van der Waals surface area contributed by atoms with Crippen LogP contribution in [0.5, 0.6) is 0 Å². The van der Waals surface area contributed by atoms with Crippen LogP contribution < -0.4 is 0 Å². The van der Waals surface area contributed by atoms with E-state index in [2.05, 4.69) is 0 Å². The standard InChI is InChI=1S/C14H26N2O4/c1-5-15(9-14(3,4)20)13(19)16-7-6-11(12(17)18)8-10(16)2/h10-11,20H,5-9H2,1-4H3,(H,17,18). The molecule has 0 saturated carbocycles. The summed E-state index contributed by atoms with van der Waals surface area (Å²) in [5, 5.41) is 18.9. The molecule has 0 radical (unpaired) electrons. The summed E-state index contributed by atoms with van der Waals surface area (Å²) in [4.78, 5) is 26.8. The molecule has 2 amide bonds. The summed E-state index contributed by atoms with van der Waals surface area (Å²) in [6, 6.07) is -0.209. The molecule has 2 unspecified atom stereocenters. The molecule has 1 heterocycles. The number of hydrogen-bond acceptors (Lipinski definition) is 3. The SMILES string of the molecule is CCN(CC(C)(C)O)C(=O)N1CCC(C(=O)O)CC1C. The molecule has 6 heteroatoms. The highest BCUT2D eigenvalue weighted by Crippen LogP contribution is 2.24. The Labute approximate surface area is 120 Å². The van der Waals surface area contributed by atoms with E-state index < -0.39 is 11.6 Å². The minimum Gasteiger partial charge on any atom is -0.481 e. The quantitative estimate of drug-likeness (QED) is 0.818. The summed E-state index contributed by atoms with van der Waals surface area (Å²) in [6.45, 7) is 8.34. The van der Waals surface area contributed by atoms with Crippen LogP contribution >= 0.6 is 0 Å². The van der Waals surface area contributed by atoms with Crippen molar-refractivity contribution in [3.05, 3.63) is 0 Å². The number of aliphatic hydroxyl groups is 1. The molecule has 1 aliphatic rings. The lowest BCUT2D eigenvalue weighted by molar-refractivity contribution is -0.143. The predicted octanol–water partition coefficient (Wildman–Crippen LogP) is 1.38. The summed E-state index contributed by atoms with van der Waals surface area (Å²) in [6.07, 6.45) is 0.979. The molecule has 0 aliphatic carbocycles. The van der Waals surface area contributed by atoms with Crippen molar-refractivity contribution < 1.29 is 19.8 Å². The highest BCUT2D eigenvalue weighted by atomic mass is 16.4. The van der Waals surface area contributed by atoms with E-state index >= 15 is 0 Å². The van der Waals surface area contributed by atoms with Gasteiger partial charge in [0.2, 0.25) is 0 Å². The highest BCUT2D eigenvalue weighted by molar-refractivity contribution is 5.76. The fourth-order valence-electron chi connectivity index (χ4n) is 2.64. The lowest BCUT2D eigenvalue weighted by Crippen LogP contribution is -2.54. The first kappa shape index (κ1) is 16.8. The van der Waals surface area contributed by atoms with Crippen LogP contribution in [0, 0.1) is 5.92 Å². The van der Waals surface area contributed by atoms with Gasteiger partial charge in [-0.3, -0.25) is 4.79 Å². The second-order valence-corrected chi connectivity index (χ2v) is 6.21. The Hall–Kier alpha value is -1.30. The van der Waals surface area contributed by atoms with Crippen molar-refractivity contribution in [2.75, 3.05) is 19.6 Å². The molecule has 2 N–H and O–H groups in total. The zero-order valence-electron chi connectivity index (χ0n) is 12.8. The van der Waals surface area contributed by atoms with Crippen molar-refractivity contribution in [1.29, 1.82) is 0 Å². The van der Waals surface area contributed by atoms with Crippen LogP contribution in [0.2, 0.25) is 0 Å². The van der Waals surface area contributed by atoms with E-state index in [1.807, 2.05) is 13.8 Å². The number of carbonyl (C=O) groups is 2. The number of aliphatic carboxylic acids is 1. The van der Waals surface area contributed by atoms with Gasteiger partial charge in [0.1, 0.15) is 0 Å². The Balaban J connectivity index is 2.69. The summed E-state index contributed by atoms with van der Waals surface area (Å²) in [5.41, 5.74) is -0.936. The molecule has 2 atom stereocenters. The van der Waals surface area contributed by atoms with Gasteiger partial charge in [-0.05, 0) is 40.5 Å². The fraction of sp³-hybridized carbons (Fsp3) is 0.857. The van der Waals surface area contributed by atoms with Gasteiger partial charge in [-0.25, -0.2) is 4.79 Å². The fourth-order valence-corrected chi connectivity index (χ4v) is 2.64. The first-order valence-corrected chi connectivity index (χ1v) is 7.16. The Morgan fingerprint density at radius 3 is 2.40 bits per heavy atom. The van der Waals surface area contributed by atoms with Crippen LogP contribution in [0.3, 0.4) is 0 Å². The zero-order chi connectivity index (χ0) is 15.5. The van der Waals surface area contributed by atoms with E-state index in [0.717, 1.165) is 0 Å². The molecule has 6 nitrogen and oxygen atoms in total. The minimum absolute atomic E-state index is 0.0896. The number of carboxylic acid groups (broad SMARTS) is 1. The average Bonchev–Trinajstić information content (AvgIpc) is 2.33. The van der Waals surface area contributed by atoms with Gasteiger partial charge in [-0.2, -0.15) is 0 Å². The smallest absolute Gasteiger partial charge is 0.320 e. The number of carboxylic acids is 1. The molecule has 1 rings (SSSR count). The first-order valence-electron chi connectivity index (χ1n) is 7.16. The number of likely N-dealkylation sites (N-methyl/N-ethyl adjacent to an activating group) is 1. The zero-order valence-corrected chi connectivity index (χ0v) is 12.8. The number of carbonyl (C=O) groups excluding carboxylic acids is 1. The molecular weight excluding hydrogens is 260 g/mol. The third-order valence-electron chi connectivity index (χ3n) is 3.70. The van der Waals surface area contributed by atoms with Crippen molar-refractivity contribution >= 4 is 12.0 Å². The van der Waals surface area contributed by atoms with Gasteiger partial charge in [0.15, 0.2) is 0 Å². The van der Waals surface area contributed by atoms with Crippen LogP contribution in [0.1, 0.15) is 40.5 Å². The summed E-state index contributed by atoms with van der Waals surface area (Å²) in [5.74, 6) is -1.15. The first-order chi connectivity index (χ1) is 9.15. The summed E-state index contributed by atoms with van der Waals surface area (Å²) < 4.78 is 0. The molecule has 116 valence electrons. The van der Waals surface area contributed by atoms with Gasteiger partial charge < -0.3 is 20.0 Å². The maximum Gasteiger partial charge on any atom is 0.320 e. The van der Waals surface area contributed by atoms with Crippen LogP contribution in [0.25, 0.3) is 0 Å². The third kappa shape index (κ3) is 4.37. The van der Waals surface area contributed by atoms with Gasteiger partial charge in [0, 0.05) is 19.1 Å².